The maximum Gasteiger partial charge on any atom is 0.251 e. The molecule has 2 aromatic carbocycles. The number of anilines is 2. The van der Waals surface area contributed by atoms with Crippen LogP contribution in [0, 0.1) is 30.0 Å². The zero-order chi connectivity index (χ0) is 24.6. The second kappa shape index (κ2) is 9.13. The summed E-state index contributed by atoms with van der Waals surface area (Å²) < 4.78 is 40.8. The predicted molar refractivity (Wildman–Crippen MR) is 129 cm³/mol. The summed E-state index contributed by atoms with van der Waals surface area (Å²) in [4.78, 5) is 20.6. The molecule has 34 heavy (non-hydrogen) atoms. The highest BCUT2D eigenvalue weighted by Crippen LogP contribution is 2.33. The summed E-state index contributed by atoms with van der Waals surface area (Å²) >= 11 is 0.959. The van der Waals surface area contributed by atoms with Gasteiger partial charge in [-0.05, 0) is 49.9 Å². The van der Waals surface area contributed by atoms with E-state index in [-0.39, 0.29) is 16.0 Å². The van der Waals surface area contributed by atoms with Crippen molar-refractivity contribution in [2.24, 2.45) is 5.92 Å². The molecule has 0 saturated carbocycles. The van der Waals surface area contributed by atoms with Gasteiger partial charge in [0.2, 0.25) is 5.91 Å². The zero-order valence-electron chi connectivity index (χ0n) is 18.7. The Morgan fingerprint density at radius 1 is 1.26 bits per heavy atom. The minimum absolute atomic E-state index is 0.0942. The first kappa shape index (κ1) is 23.8. The van der Waals surface area contributed by atoms with Crippen LogP contribution < -0.4 is 14.5 Å². The average Bonchev–Trinajstić information content (AvgIpc) is 3.21. The highest BCUT2D eigenvalue weighted by molar-refractivity contribution is 7.91. The smallest absolute Gasteiger partial charge is 0.251 e. The van der Waals surface area contributed by atoms with Crippen molar-refractivity contribution in [3.8, 4) is 17.2 Å². The lowest BCUT2D eigenvalue weighted by Gasteiger charge is -2.41. The van der Waals surface area contributed by atoms with Crippen LogP contribution in [0.15, 0.2) is 46.7 Å². The van der Waals surface area contributed by atoms with Crippen LogP contribution >= 0.6 is 11.3 Å². The number of thiazole rings is 1. The Morgan fingerprint density at radius 2 is 1.94 bits per heavy atom. The van der Waals surface area contributed by atoms with Crippen LogP contribution in [0.2, 0.25) is 0 Å². The molecule has 0 radical (unpaired) electrons. The molecular weight excluding hydrogens is 477 g/mol. The van der Waals surface area contributed by atoms with Gasteiger partial charge in [-0.1, -0.05) is 23.5 Å². The van der Waals surface area contributed by atoms with Crippen LogP contribution in [0.25, 0.3) is 11.1 Å². The lowest BCUT2D eigenvalue weighted by molar-refractivity contribution is -0.122. The first-order valence-electron chi connectivity index (χ1n) is 10.4. The van der Waals surface area contributed by atoms with Gasteiger partial charge in [0.1, 0.15) is 5.82 Å². The molecule has 1 aromatic heterocycles. The van der Waals surface area contributed by atoms with Crippen molar-refractivity contribution >= 4 is 38.1 Å². The number of amides is 1. The van der Waals surface area contributed by atoms with Crippen LogP contribution in [0.3, 0.4) is 0 Å². The number of halogens is 1. The van der Waals surface area contributed by atoms with E-state index in [1.165, 1.54) is 30.1 Å². The van der Waals surface area contributed by atoms with Crippen molar-refractivity contribution in [1.82, 2.24) is 9.71 Å². The lowest BCUT2D eigenvalue weighted by atomic mass is 9.96. The summed E-state index contributed by atoms with van der Waals surface area (Å²) in [6.07, 6.45) is 0. The molecule has 1 amide bonds. The Labute approximate surface area is 201 Å². The van der Waals surface area contributed by atoms with Crippen molar-refractivity contribution in [3.05, 3.63) is 59.5 Å². The number of carbonyl (C=O) groups excluding carboxylic acids is 1. The number of rotatable bonds is 6. The molecule has 8 nitrogen and oxygen atoms in total. The van der Waals surface area contributed by atoms with Gasteiger partial charge in [-0.3, -0.25) is 9.69 Å². The van der Waals surface area contributed by atoms with Gasteiger partial charge in [0.25, 0.3) is 10.0 Å². The van der Waals surface area contributed by atoms with Gasteiger partial charge in [0.15, 0.2) is 9.34 Å². The molecule has 176 valence electrons. The molecule has 0 bridgehead atoms. The molecule has 1 saturated heterocycles. The molecule has 0 spiro atoms. The van der Waals surface area contributed by atoms with Gasteiger partial charge in [-0.15, -0.1) is 0 Å². The second-order valence-electron chi connectivity index (χ2n) is 7.93. The normalized spacial score (nSPS) is 13.9. The summed E-state index contributed by atoms with van der Waals surface area (Å²) in [5.74, 6) is -0.777. The fourth-order valence-electron chi connectivity index (χ4n) is 3.74. The molecule has 1 fully saturated rings. The topological polar surface area (TPSA) is 106 Å². The number of aromatic nitrogens is 1. The number of hydrogen-bond acceptors (Lipinski definition) is 7. The number of sulfonamides is 1. The van der Waals surface area contributed by atoms with Gasteiger partial charge in [-0.25, -0.2) is 22.5 Å². The monoisotopic (exact) mass is 499 g/mol. The van der Waals surface area contributed by atoms with E-state index < -0.39 is 15.8 Å². The van der Waals surface area contributed by atoms with Crippen LogP contribution in [-0.2, 0) is 14.8 Å². The Hall–Kier alpha value is -3.33. The molecular formula is C23H22FN5O3S2. The Morgan fingerprint density at radius 3 is 2.56 bits per heavy atom. The molecule has 0 atom stereocenters. The fourth-order valence-corrected chi connectivity index (χ4v) is 6.04. The van der Waals surface area contributed by atoms with Crippen LogP contribution in [0.1, 0.15) is 11.3 Å². The predicted octanol–water partition coefficient (Wildman–Crippen LogP) is 3.14. The Balaban J connectivity index is 1.42. The number of nitrogens with one attached hydrogen (secondary N) is 1. The number of aryl methyl sites for hydroxylation is 1. The minimum atomic E-state index is -3.63. The first-order chi connectivity index (χ1) is 16.1. The third kappa shape index (κ3) is 4.40. The largest absolute Gasteiger partial charge is 0.370 e. The third-order valence-corrected chi connectivity index (χ3v) is 9.00. The number of nitriles is 1. The molecule has 3 aromatic rings. The molecule has 2 heterocycles. The fraction of sp³-hybridized carbons (Fsp3) is 0.261. The Bertz CT molecular complexity index is 1390. The zero-order valence-corrected chi connectivity index (χ0v) is 20.4. The van der Waals surface area contributed by atoms with Crippen LogP contribution in [0.4, 0.5) is 15.2 Å². The highest BCUT2D eigenvalue weighted by Gasteiger charge is 2.36. The minimum Gasteiger partial charge on any atom is -0.370 e. The molecule has 11 heteroatoms. The third-order valence-electron chi connectivity index (χ3n) is 5.74. The molecule has 4 rings (SSSR count). The maximum atomic E-state index is 14.2. The summed E-state index contributed by atoms with van der Waals surface area (Å²) in [5, 5.41) is 9.39. The molecule has 0 unspecified atom stereocenters. The number of nitrogens with zero attached hydrogens (tertiary/aromatic N) is 4. The van der Waals surface area contributed by atoms with Gasteiger partial charge in [0.05, 0.1) is 23.2 Å². The van der Waals surface area contributed by atoms with Crippen LogP contribution in [0.5, 0.6) is 0 Å². The van der Waals surface area contributed by atoms with Crippen molar-refractivity contribution in [2.45, 2.75) is 11.1 Å². The van der Waals surface area contributed by atoms with Crippen molar-refractivity contribution in [1.29, 1.82) is 5.26 Å². The maximum absolute atomic E-state index is 14.2. The van der Waals surface area contributed by atoms with E-state index in [0.29, 0.717) is 40.6 Å². The standard InChI is InChI=1S/C23H22FN5O3S2/c1-14-22(34(31,32)26-2)33-23(27-14)28(3)21(30)17-12-29(13-17)18-7-5-16(6-8-18)19-10-15(11-25)4-9-20(19)24/h4-10,17,26H,12-13H2,1-3H3. The first-order valence-corrected chi connectivity index (χ1v) is 12.7. The summed E-state index contributed by atoms with van der Waals surface area (Å²) in [5.41, 5.74) is 2.67. The van der Waals surface area contributed by atoms with Gasteiger partial charge < -0.3 is 4.90 Å². The highest BCUT2D eigenvalue weighted by atomic mass is 32.2. The van der Waals surface area contributed by atoms with Crippen molar-refractivity contribution in [3.63, 3.8) is 0 Å². The van der Waals surface area contributed by atoms with E-state index >= 15 is 0 Å². The molecule has 1 aliphatic rings. The SMILES string of the molecule is CNS(=O)(=O)c1sc(N(C)C(=O)C2CN(c3ccc(-c4cc(C#N)ccc4F)cc3)C2)nc1C. The molecule has 1 N–H and O–H groups in total. The number of hydrogen-bond donors (Lipinski definition) is 1. The van der Waals surface area contributed by atoms with Crippen molar-refractivity contribution < 1.29 is 17.6 Å². The molecule has 1 aliphatic heterocycles. The van der Waals surface area contributed by atoms with E-state index in [1.807, 2.05) is 23.1 Å². The average molecular weight is 500 g/mol. The van der Waals surface area contributed by atoms with E-state index in [2.05, 4.69) is 9.71 Å². The van der Waals surface area contributed by atoms with Gasteiger partial charge in [0, 0.05) is 31.4 Å². The number of carbonyl (C=O) groups is 1. The lowest BCUT2D eigenvalue weighted by Crippen LogP contribution is -2.54. The summed E-state index contributed by atoms with van der Waals surface area (Å²) in [6, 6.07) is 13.6. The second-order valence-corrected chi connectivity index (χ2v) is 11.0. The van der Waals surface area contributed by atoms with Gasteiger partial charge in [-0.2, -0.15) is 5.26 Å². The summed E-state index contributed by atoms with van der Waals surface area (Å²) in [7, 11) is -0.707. The van der Waals surface area contributed by atoms with Gasteiger partial charge >= 0.3 is 0 Å². The van der Waals surface area contributed by atoms with E-state index in [0.717, 1.165) is 17.0 Å². The molecule has 0 aliphatic carbocycles. The van der Waals surface area contributed by atoms with E-state index in [1.54, 1.807) is 26.1 Å². The van der Waals surface area contributed by atoms with E-state index in [4.69, 9.17) is 5.26 Å². The van der Waals surface area contributed by atoms with E-state index in [9.17, 15) is 17.6 Å². The van der Waals surface area contributed by atoms with Crippen LogP contribution in [-0.4, -0.2) is 46.5 Å². The number of benzene rings is 2. The van der Waals surface area contributed by atoms with Crippen molar-refractivity contribution in [2.75, 3.05) is 37.0 Å². The quantitative estimate of drug-likeness (QED) is 0.559. The Kier molecular flexibility index (Phi) is 6.40. The summed E-state index contributed by atoms with van der Waals surface area (Å²) in [6.45, 7) is 2.61.